The van der Waals surface area contributed by atoms with Crippen LogP contribution in [0, 0.1) is 23.2 Å². The summed E-state index contributed by atoms with van der Waals surface area (Å²) in [6.45, 7) is 1.01. The lowest BCUT2D eigenvalue weighted by molar-refractivity contribution is -0.125. The van der Waals surface area contributed by atoms with Crippen molar-refractivity contribution in [2.45, 2.75) is 56.9 Å². The zero-order chi connectivity index (χ0) is 14.7. The first-order chi connectivity index (χ1) is 10.7. The topological polar surface area (TPSA) is 49.0 Å². The number of aromatic amines is 1. The summed E-state index contributed by atoms with van der Waals surface area (Å²) in [4.78, 5) is 21.3. The van der Waals surface area contributed by atoms with Gasteiger partial charge >= 0.3 is 0 Å². The summed E-state index contributed by atoms with van der Waals surface area (Å²) in [6, 6.07) is 0.397. The SMILES string of the molecule is O=CN(CC12CC3CC(CC(C3)C1)C2)C1CC1c1c[nH]cn1. The molecule has 0 aromatic carbocycles. The standard InChI is InChI=1S/C18H25N3O/c22-11-21(17-4-15(17)16-8-19-10-20-16)9-18-5-12-1-13(6-18)3-14(2-12)7-18/h8,10-15,17H,1-7,9H2,(H,19,20). The zero-order valence-electron chi connectivity index (χ0n) is 13.1. The molecule has 5 aliphatic rings. The van der Waals surface area contributed by atoms with E-state index in [0.29, 0.717) is 17.4 Å². The van der Waals surface area contributed by atoms with Gasteiger partial charge in [-0.25, -0.2) is 4.98 Å². The van der Waals surface area contributed by atoms with Gasteiger partial charge in [-0.1, -0.05) is 0 Å². The van der Waals surface area contributed by atoms with Crippen LogP contribution in [-0.2, 0) is 4.79 Å². The molecule has 0 aliphatic heterocycles. The van der Waals surface area contributed by atoms with Crippen LogP contribution in [-0.4, -0.2) is 33.9 Å². The lowest BCUT2D eigenvalue weighted by Crippen LogP contribution is -2.51. The van der Waals surface area contributed by atoms with Gasteiger partial charge in [-0.2, -0.15) is 0 Å². The molecular weight excluding hydrogens is 274 g/mol. The minimum absolute atomic E-state index is 0.397. The van der Waals surface area contributed by atoms with Crippen LogP contribution in [0.15, 0.2) is 12.5 Å². The minimum Gasteiger partial charge on any atom is -0.351 e. The first-order valence-corrected chi connectivity index (χ1v) is 8.94. The largest absolute Gasteiger partial charge is 0.351 e. The molecule has 5 fully saturated rings. The van der Waals surface area contributed by atoms with Gasteiger partial charge < -0.3 is 9.88 Å². The van der Waals surface area contributed by atoms with Gasteiger partial charge in [0.1, 0.15) is 0 Å². The maximum atomic E-state index is 11.7. The van der Waals surface area contributed by atoms with E-state index in [4.69, 9.17) is 0 Å². The van der Waals surface area contributed by atoms with Gasteiger partial charge in [0.15, 0.2) is 0 Å². The predicted octanol–water partition coefficient (Wildman–Crippen LogP) is 2.94. The Balaban J connectivity index is 1.31. The van der Waals surface area contributed by atoms with Crippen molar-refractivity contribution in [3.63, 3.8) is 0 Å². The summed E-state index contributed by atoms with van der Waals surface area (Å²) in [5.74, 6) is 3.34. The number of hydrogen-bond acceptors (Lipinski definition) is 2. The van der Waals surface area contributed by atoms with Gasteiger partial charge in [0.25, 0.3) is 0 Å². The third kappa shape index (κ3) is 2.03. The molecule has 5 aliphatic carbocycles. The fraction of sp³-hybridized carbons (Fsp3) is 0.778. The van der Waals surface area contributed by atoms with E-state index in [2.05, 4.69) is 14.9 Å². The van der Waals surface area contributed by atoms with Gasteiger partial charge in [-0.3, -0.25) is 4.79 Å². The van der Waals surface area contributed by atoms with Gasteiger partial charge in [0, 0.05) is 24.7 Å². The van der Waals surface area contributed by atoms with E-state index in [1.54, 1.807) is 6.33 Å². The molecule has 22 heavy (non-hydrogen) atoms. The summed E-state index contributed by atoms with van der Waals surface area (Å²) in [6.07, 6.45) is 14.5. The van der Waals surface area contributed by atoms with E-state index in [9.17, 15) is 4.79 Å². The van der Waals surface area contributed by atoms with E-state index < -0.39 is 0 Å². The highest BCUT2D eigenvalue weighted by Gasteiger charge is 2.53. The Hall–Kier alpha value is -1.32. The molecule has 5 saturated carbocycles. The Bertz CT molecular complexity index is 532. The van der Waals surface area contributed by atoms with Crippen molar-refractivity contribution in [2.24, 2.45) is 23.2 Å². The van der Waals surface area contributed by atoms with Gasteiger partial charge in [-0.15, -0.1) is 0 Å². The van der Waals surface area contributed by atoms with Gasteiger partial charge in [0.05, 0.1) is 12.0 Å². The zero-order valence-corrected chi connectivity index (χ0v) is 13.1. The Morgan fingerprint density at radius 3 is 2.41 bits per heavy atom. The fourth-order valence-corrected chi connectivity index (χ4v) is 6.44. The van der Waals surface area contributed by atoms with Crippen molar-refractivity contribution in [2.75, 3.05) is 6.54 Å². The Morgan fingerprint density at radius 1 is 1.18 bits per heavy atom. The van der Waals surface area contributed by atoms with Crippen LogP contribution in [0.5, 0.6) is 0 Å². The van der Waals surface area contributed by atoms with Crippen molar-refractivity contribution < 1.29 is 4.79 Å². The van der Waals surface area contributed by atoms with E-state index in [-0.39, 0.29) is 0 Å². The first kappa shape index (κ1) is 13.1. The van der Waals surface area contributed by atoms with E-state index in [0.717, 1.165) is 42.8 Å². The van der Waals surface area contributed by atoms with Crippen LogP contribution < -0.4 is 0 Å². The second-order valence-corrected chi connectivity index (χ2v) is 8.60. The molecular formula is C18H25N3O. The Labute approximate surface area is 131 Å². The van der Waals surface area contributed by atoms with Crippen molar-refractivity contribution in [3.8, 4) is 0 Å². The van der Waals surface area contributed by atoms with Crippen LogP contribution in [0.2, 0.25) is 0 Å². The molecule has 0 saturated heterocycles. The number of carbonyl (C=O) groups is 1. The molecule has 118 valence electrons. The van der Waals surface area contributed by atoms with Crippen LogP contribution >= 0.6 is 0 Å². The molecule has 4 heteroatoms. The summed E-state index contributed by atoms with van der Waals surface area (Å²) in [7, 11) is 0. The number of hydrogen-bond donors (Lipinski definition) is 1. The molecule has 4 nitrogen and oxygen atoms in total. The Morgan fingerprint density at radius 2 is 1.86 bits per heavy atom. The van der Waals surface area contributed by atoms with E-state index in [1.165, 1.54) is 38.5 Å². The summed E-state index contributed by atoms with van der Waals surface area (Å²) in [5.41, 5.74) is 1.58. The van der Waals surface area contributed by atoms with E-state index >= 15 is 0 Å². The molecule has 1 N–H and O–H groups in total. The molecule has 2 unspecified atom stereocenters. The molecule has 0 spiro atoms. The number of rotatable bonds is 5. The van der Waals surface area contributed by atoms with Gasteiger partial charge in [-0.05, 0) is 68.1 Å². The number of nitrogens with zero attached hydrogens (tertiary/aromatic N) is 2. The smallest absolute Gasteiger partial charge is 0.209 e. The molecule has 2 atom stereocenters. The van der Waals surface area contributed by atoms with Crippen LogP contribution in [0.1, 0.15) is 56.6 Å². The van der Waals surface area contributed by atoms with Crippen LogP contribution in [0.3, 0.4) is 0 Å². The van der Waals surface area contributed by atoms with Crippen LogP contribution in [0.4, 0.5) is 0 Å². The third-order valence-corrected chi connectivity index (χ3v) is 6.90. The highest BCUT2D eigenvalue weighted by Crippen LogP contribution is 2.60. The van der Waals surface area contributed by atoms with Crippen molar-refractivity contribution in [3.05, 3.63) is 18.2 Å². The maximum Gasteiger partial charge on any atom is 0.209 e. The van der Waals surface area contributed by atoms with Crippen LogP contribution in [0.25, 0.3) is 0 Å². The number of amides is 1. The average molecular weight is 299 g/mol. The normalized spacial score (nSPS) is 45.0. The highest BCUT2D eigenvalue weighted by molar-refractivity contribution is 5.50. The summed E-state index contributed by atoms with van der Waals surface area (Å²) >= 11 is 0. The lowest BCUT2D eigenvalue weighted by Gasteiger charge is -2.57. The third-order valence-electron chi connectivity index (χ3n) is 6.90. The molecule has 0 radical (unpaired) electrons. The van der Waals surface area contributed by atoms with E-state index in [1.807, 2.05) is 6.20 Å². The number of aromatic nitrogens is 2. The molecule has 4 bridgehead atoms. The van der Waals surface area contributed by atoms with Crippen molar-refractivity contribution >= 4 is 6.41 Å². The molecule has 1 heterocycles. The molecule has 1 amide bonds. The van der Waals surface area contributed by atoms with Gasteiger partial charge in [0.2, 0.25) is 6.41 Å². The second-order valence-electron chi connectivity index (χ2n) is 8.60. The number of H-pyrrole nitrogens is 1. The first-order valence-electron chi connectivity index (χ1n) is 8.94. The number of nitrogens with one attached hydrogen (secondary N) is 1. The average Bonchev–Trinajstić information content (AvgIpc) is 3.08. The molecule has 1 aromatic heterocycles. The second kappa shape index (κ2) is 4.59. The maximum absolute atomic E-state index is 11.7. The summed E-state index contributed by atoms with van der Waals surface area (Å²) < 4.78 is 0. The monoisotopic (exact) mass is 299 g/mol. The predicted molar refractivity (Wildman–Crippen MR) is 83.1 cm³/mol. The fourth-order valence-electron chi connectivity index (χ4n) is 6.44. The van der Waals surface area contributed by atoms with Crippen molar-refractivity contribution in [1.29, 1.82) is 0 Å². The Kier molecular flexibility index (Phi) is 2.74. The minimum atomic E-state index is 0.397. The lowest BCUT2D eigenvalue weighted by atomic mass is 9.49. The quantitative estimate of drug-likeness (QED) is 0.850. The summed E-state index contributed by atoms with van der Waals surface area (Å²) in [5, 5.41) is 0. The number of imidazole rings is 1. The number of carbonyl (C=O) groups excluding carboxylic acids is 1. The molecule has 1 aromatic rings. The highest BCUT2D eigenvalue weighted by atomic mass is 16.1. The van der Waals surface area contributed by atoms with Crippen molar-refractivity contribution in [1.82, 2.24) is 14.9 Å². The molecule has 6 rings (SSSR count).